The molecule has 1 atom stereocenters. The molecule has 6 nitrogen and oxygen atoms in total. The van der Waals surface area contributed by atoms with Crippen LogP contribution in [0.2, 0.25) is 0 Å². The number of nitrogens with zero attached hydrogens (tertiary/aromatic N) is 2. The SMILES string of the molecule is COCCN(C)C1CCC([C@@H](C)c2sc3c(c2C)C(=O)N(Cc2c(C)cc(C)[nH]c2=O)CC3)CC1. The lowest BCUT2D eigenvalue weighted by Gasteiger charge is -2.36. The number of thiophene rings is 1. The van der Waals surface area contributed by atoms with E-state index >= 15 is 0 Å². The summed E-state index contributed by atoms with van der Waals surface area (Å²) in [7, 11) is 3.98. The maximum atomic E-state index is 13.6. The third-order valence-corrected chi connectivity index (χ3v) is 9.90. The normalized spacial score (nSPS) is 21.5. The fraction of sp³-hybridized carbons (Fsp3) is 0.643. The van der Waals surface area contributed by atoms with Crippen LogP contribution >= 0.6 is 11.3 Å². The van der Waals surface area contributed by atoms with Gasteiger partial charge in [0.25, 0.3) is 11.5 Å². The predicted octanol–water partition coefficient (Wildman–Crippen LogP) is 4.80. The average molecular weight is 500 g/mol. The van der Waals surface area contributed by atoms with Gasteiger partial charge in [-0.15, -0.1) is 11.3 Å². The molecule has 0 unspecified atom stereocenters. The molecule has 192 valence electrons. The molecule has 1 aliphatic heterocycles. The van der Waals surface area contributed by atoms with Crippen LogP contribution in [0.4, 0.5) is 0 Å². The topological polar surface area (TPSA) is 65.6 Å². The van der Waals surface area contributed by atoms with Crippen molar-refractivity contribution in [2.24, 2.45) is 5.92 Å². The number of ether oxygens (including phenoxy) is 1. The Kier molecular flexibility index (Phi) is 8.19. The first-order chi connectivity index (χ1) is 16.7. The van der Waals surface area contributed by atoms with Crippen LogP contribution in [-0.4, -0.2) is 60.6 Å². The number of fused-ring (bicyclic) bond motifs is 1. The first kappa shape index (κ1) is 26.1. The Morgan fingerprint density at radius 3 is 2.57 bits per heavy atom. The van der Waals surface area contributed by atoms with E-state index in [-0.39, 0.29) is 11.5 Å². The average Bonchev–Trinajstić information content (AvgIpc) is 3.17. The van der Waals surface area contributed by atoms with Crippen LogP contribution in [0.25, 0.3) is 0 Å². The van der Waals surface area contributed by atoms with E-state index in [1.807, 2.05) is 36.2 Å². The number of carbonyl (C=O) groups excluding carboxylic acids is 1. The summed E-state index contributed by atoms with van der Waals surface area (Å²) in [6, 6.07) is 2.63. The van der Waals surface area contributed by atoms with Crippen molar-refractivity contribution in [1.29, 1.82) is 0 Å². The first-order valence-electron chi connectivity index (χ1n) is 13.0. The fourth-order valence-corrected chi connectivity index (χ4v) is 7.51. The van der Waals surface area contributed by atoms with Crippen molar-refractivity contribution >= 4 is 17.2 Å². The molecule has 4 rings (SSSR count). The van der Waals surface area contributed by atoms with Crippen LogP contribution in [0.1, 0.15) is 81.0 Å². The molecule has 1 saturated carbocycles. The summed E-state index contributed by atoms with van der Waals surface area (Å²) in [6.07, 6.45) is 5.81. The molecule has 35 heavy (non-hydrogen) atoms. The maximum Gasteiger partial charge on any atom is 0.255 e. The van der Waals surface area contributed by atoms with Gasteiger partial charge in [0.15, 0.2) is 0 Å². The molecule has 0 aromatic carbocycles. The molecule has 1 N–H and O–H groups in total. The van der Waals surface area contributed by atoms with Crippen LogP contribution in [0, 0.1) is 26.7 Å². The molecule has 1 amide bonds. The number of likely N-dealkylation sites (N-methyl/N-ethyl adjacent to an activating group) is 1. The molecule has 2 aromatic rings. The van der Waals surface area contributed by atoms with Gasteiger partial charge in [-0.2, -0.15) is 0 Å². The van der Waals surface area contributed by atoms with E-state index in [4.69, 9.17) is 4.74 Å². The van der Waals surface area contributed by atoms with Crippen LogP contribution in [-0.2, 0) is 17.7 Å². The van der Waals surface area contributed by atoms with Gasteiger partial charge in [0.05, 0.1) is 18.7 Å². The van der Waals surface area contributed by atoms with Gasteiger partial charge in [-0.05, 0) is 82.5 Å². The van der Waals surface area contributed by atoms with Crippen molar-refractivity contribution in [3.8, 4) is 0 Å². The Morgan fingerprint density at radius 2 is 1.91 bits per heavy atom. The molecule has 0 spiro atoms. The second-order valence-corrected chi connectivity index (χ2v) is 11.8. The lowest BCUT2D eigenvalue weighted by Crippen LogP contribution is -2.38. The predicted molar refractivity (Wildman–Crippen MR) is 143 cm³/mol. The van der Waals surface area contributed by atoms with Crippen molar-refractivity contribution in [1.82, 2.24) is 14.8 Å². The van der Waals surface area contributed by atoms with Gasteiger partial charge >= 0.3 is 0 Å². The van der Waals surface area contributed by atoms with Gasteiger partial charge in [-0.3, -0.25) is 9.59 Å². The number of amides is 1. The lowest BCUT2D eigenvalue weighted by atomic mass is 9.77. The second kappa shape index (κ2) is 11.0. The van der Waals surface area contributed by atoms with Gasteiger partial charge in [0.2, 0.25) is 0 Å². The van der Waals surface area contributed by atoms with Crippen LogP contribution in [0.3, 0.4) is 0 Å². The van der Waals surface area contributed by atoms with E-state index in [9.17, 15) is 9.59 Å². The minimum absolute atomic E-state index is 0.0825. The minimum Gasteiger partial charge on any atom is -0.383 e. The zero-order chi connectivity index (χ0) is 25.3. The van der Waals surface area contributed by atoms with Crippen molar-refractivity contribution in [2.45, 2.75) is 78.3 Å². The first-order valence-corrected chi connectivity index (χ1v) is 13.8. The number of nitrogens with one attached hydrogen (secondary N) is 1. The smallest absolute Gasteiger partial charge is 0.255 e. The summed E-state index contributed by atoms with van der Waals surface area (Å²) in [5, 5.41) is 0. The second-order valence-electron chi connectivity index (χ2n) is 10.6. The number of methoxy groups -OCH3 is 1. The van der Waals surface area contributed by atoms with Gasteiger partial charge in [0.1, 0.15) is 0 Å². The number of aromatic nitrogens is 1. The summed E-state index contributed by atoms with van der Waals surface area (Å²) >= 11 is 1.86. The molecule has 1 aliphatic carbocycles. The summed E-state index contributed by atoms with van der Waals surface area (Å²) < 4.78 is 5.25. The Hall–Kier alpha value is -1.96. The third-order valence-electron chi connectivity index (χ3n) is 8.34. The van der Waals surface area contributed by atoms with Crippen molar-refractivity contribution in [2.75, 3.05) is 33.9 Å². The van der Waals surface area contributed by atoms with Crippen molar-refractivity contribution in [3.63, 3.8) is 0 Å². The molecule has 0 radical (unpaired) electrons. The number of aromatic amines is 1. The Morgan fingerprint density at radius 1 is 1.20 bits per heavy atom. The highest BCUT2D eigenvalue weighted by Gasteiger charge is 2.34. The quantitative estimate of drug-likeness (QED) is 0.567. The number of hydrogen-bond donors (Lipinski definition) is 1. The standard InChI is InChI=1S/C28H41N3O3S/c1-17-15-18(2)29-27(32)23(17)16-31-12-11-24-25(28(31)33)20(4)26(35-24)19(3)21-7-9-22(10-8-21)30(5)13-14-34-6/h15,19,21-22H,7-14,16H2,1-6H3,(H,29,32)/t19-,21?,22?/m1/s1. The molecule has 7 heteroatoms. The molecular formula is C28H41N3O3S. The third kappa shape index (κ3) is 5.42. The molecule has 2 aromatic heterocycles. The fourth-order valence-electron chi connectivity index (χ4n) is 6.07. The van der Waals surface area contributed by atoms with Gasteiger partial charge in [0, 0.05) is 53.7 Å². The zero-order valence-electron chi connectivity index (χ0n) is 22.2. The largest absolute Gasteiger partial charge is 0.383 e. The van der Waals surface area contributed by atoms with Crippen molar-refractivity contribution < 1.29 is 9.53 Å². The minimum atomic E-state index is -0.0825. The van der Waals surface area contributed by atoms with Crippen LogP contribution in [0.5, 0.6) is 0 Å². The van der Waals surface area contributed by atoms with E-state index in [0.29, 0.717) is 36.5 Å². The van der Waals surface area contributed by atoms with E-state index in [1.54, 1.807) is 7.11 Å². The van der Waals surface area contributed by atoms with Gasteiger partial charge in [-0.25, -0.2) is 0 Å². The van der Waals surface area contributed by atoms with E-state index < -0.39 is 0 Å². The van der Waals surface area contributed by atoms with E-state index in [1.165, 1.54) is 41.0 Å². The number of hydrogen-bond acceptors (Lipinski definition) is 5. The van der Waals surface area contributed by atoms with Gasteiger partial charge < -0.3 is 19.5 Å². The Bertz CT molecular complexity index is 1110. The molecule has 3 heterocycles. The van der Waals surface area contributed by atoms with Crippen LogP contribution in [0.15, 0.2) is 10.9 Å². The maximum absolute atomic E-state index is 13.6. The molecule has 0 saturated heterocycles. The monoisotopic (exact) mass is 499 g/mol. The van der Waals surface area contributed by atoms with E-state index in [2.05, 4.69) is 30.8 Å². The Labute approximate surface area is 213 Å². The van der Waals surface area contributed by atoms with Crippen LogP contribution < -0.4 is 5.56 Å². The van der Waals surface area contributed by atoms with Gasteiger partial charge in [-0.1, -0.05) is 6.92 Å². The highest BCUT2D eigenvalue weighted by Crippen LogP contribution is 2.43. The van der Waals surface area contributed by atoms with E-state index in [0.717, 1.165) is 36.4 Å². The molecular weight excluding hydrogens is 458 g/mol. The highest BCUT2D eigenvalue weighted by atomic mass is 32.1. The molecule has 2 aliphatic rings. The van der Waals surface area contributed by atoms with Crippen molar-refractivity contribution in [3.05, 3.63) is 54.1 Å². The number of rotatable bonds is 8. The summed E-state index contributed by atoms with van der Waals surface area (Å²) in [6.45, 7) is 11.2. The molecule has 1 fully saturated rings. The number of H-pyrrole nitrogens is 1. The zero-order valence-corrected chi connectivity index (χ0v) is 23.0. The summed E-state index contributed by atoms with van der Waals surface area (Å²) in [4.78, 5) is 35.9. The highest BCUT2D eigenvalue weighted by molar-refractivity contribution is 7.12. The molecule has 0 bridgehead atoms. The summed E-state index contributed by atoms with van der Waals surface area (Å²) in [5.74, 6) is 1.22. The summed E-state index contributed by atoms with van der Waals surface area (Å²) in [5.41, 5.74) is 4.48. The number of pyridine rings is 1. The number of aryl methyl sites for hydroxylation is 2. The number of carbonyl (C=O) groups is 1. The lowest BCUT2D eigenvalue weighted by molar-refractivity contribution is 0.0727. The Balaban J connectivity index is 1.46.